The molecule has 0 bridgehead atoms. The number of likely N-dealkylation sites (tertiary alicyclic amines) is 1. The fraction of sp³-hybridized carbons (Fsp3) is 0.500. The lowest BCUT2D eigenvalue weighted by molar-refractivity contribution is 0.0787. The van der Waals surface area contributed by atoms with Gasteiger partial charge >= 0.3 is 5.69 Å². The zero-order valence-electron chi connectivity index (χ0n) is 16.5. The number of carbonyl (C=O) groups excluding carboxylic acids is 1. The Morgan fingerprint density at radius 1 is 1.17 bits per heavy atom. The van der Waals surface area contributed by atoms with Crippen LogP contribution in [0.2, 0.25) is 0 Å². The van der Waals surface area contributed by atoms with Crippen LogP contribution in [0.4, 0.5) is 0 Å². The lowest BCUT2D eigenvalue weighted by atomic mass is 9.89. The van der Waals surface area contributed by atoms with Gasteiger partial charge in [0.05, 0.1) is 23.4 Å². The highest BCUT2D eigenvalue weighted by Crippen LogP contribution is 2.28. The van der Waals surface area contributed by atoms with E-state index in [0.29, 0.717) is 24.6 Å². The number of hydrogen-bond donors (Lipinski definition) is 0. The molecule has 7 nitrogen and oxygen atoms in total. The molecule has 1 saturated carbocycles. The van der Waals surface area contributed by atoms with Crippen LogP contribution in [0.25, 0.3) is 11.2 Å². The molecule has 5 rings (SSSR count). The fourth-order valence-corrected chi connectivity index (χ4v) is 4.95. The maximum Gasteiger partial charge on any atom is 0.330 e. The van der Waals surface area contributed by atoms with Crippen molar-refractivity contribution in [2.75, 3.05) is 13.1 Å². The van der Waals surface area contributed by atoms with Crippen LogP contribution in [0.1, 0.15) is 54.9 Å². The van der Waals surface area contributed by atoms with Gasteiger partial charge in [-0.05, 0) is 43.4 Å². The molecule has 2 aliphatic rings. The molecule has 29 heavy (non-hydrogen) atoms. The molecule has 1 atom stereocenters. The predicted molar refractivity (Wildman–Crippen MR) is 109 cm³/mol. The van der Waals surface area contributed by atoms with Crippen molar-refractivity contribution in [1.82, 2.24) is 19.0 Å². The van der Waals surface area contributed by atoms with Crippen molar-refractivity contribution in [1.29, 1.82) is 0 Å². The van der Waals surface area contributed by atoms with Crippen molar-refractivity contribution in [2.45, 2.75) is 51.1 Å². The van der Waals surface area contributed by atoms with Crippen molar-refractivity contribution >= 4 is 17.1 Å². The molecule has 1 aliphatic heterocycles. The molecule has 0 N–H and O–H groups in total. The molecule has 4 heterocycles. The van der Waals surface area contributed by atoms with Crippen LogP contribution in [0.15, 0.2) is 46.1 Å². The maximum absolute atomic E-state index is 13.4. The van der Waals surface area contributed by atoms with Crippen LogP contribution in [-0.4, -0.2) is 38.0 Å². The number of nitrogens with zero attached hydrogens (tertiary/aromatic N) is 4. The summed E-state index contributed by atoms with van der Waals surface area (Å²) >= 11 is 0. The smallest absolute Gasteiger partial charge is 0.330 e. The number of amides is 1. The first-order valence-electron chi connectivity index (χ1n) is 10.6. The second kappa shape index (κ2) is 7.54. The van der Waals surface area contributed by atoms with E-state index in [4.69, 9.17) is 4.42 Å². The number of imidazole rings is 1. The molecule has 0 unspecified atom stereocenters. The molecule has 3 aromatic rings. The van der Waals surface area contributed by atoms with Crippen LogP contribution in [0.3, 0.4) is 0 Å². The lowest BCUT2D eigenvalue weighted by Crippen LogP contribution is -2.33. The van der Waals surface area contributed by atoms with Crippen LogP contribution in [0.5, 0.6) is 0 Å². The number of hydrogen-bond acceptors (Lipinski definition) is 4. The largest absolute Gasteiger partial charge is 0.472 e. The normalized spacial score (nSPS) is 20.6. The van der Waals surface area contributed by atoms with Crippen molar-refractivity contribution < 1.29 is 9.21 Å². The molecule has 3 aromatic heterocycles. The predicted octanol–water partition coefficient (Wildman–Crippen LogP) is 3.46. The number of fused-ring (bicyclic) bond motifs is 1. The average Bonchev–Trinajstić information content (AvgIpc) is 3.49. The first-order chi connectivity index (χ1) is 14.2. The topological polar surface area (TPSA) is 73.3 Å². The number of furan rings is 1. The standard InChI is InChI=1S/C22H26N4O3/c27-21(17-9-12-29-15-17)24-11-8-18(14-24)26-20-19(7-4-10-23-20)25(22(26)28)13-16-5-2-1-3-6-16/h4,7,9-10,12,15-16,18H,1-3,5-6,8,11,13-14H2/t18-/m1/s1. The van der Waals surface area contributed by atoms with Crippen molar-refractivity contribution in [3.8, 4) is 0 Å². The minimum absolute atomic E-state index is 0.00637. The van der Waals surface area contributed by atoms with Gasteiger partial charge in [-0.15, -0.1) is 0 Å². The minimum Gasteiger partial charge on any atom is -0.472 e. The van der Waals surface area contributed by atoms with Gasteiger partial charge in [0.25, 0.3) is 5.91 Å². The number of carbonyl (C=O) groups is 1. The van der Waals surface area contributed by atoms with E-state index in [2.05, 4.69) is 4.98 Å². The number of pyridine rings is 1. The summed E-state index contributed by atoms with van der Waals surface area (Å²) in [6.07, 6.45) is 11.7. The molecular weight excluding hydrogens is 368 g/mol. The third-order valence-electron chi connectivity index (χ3n) is 6.47. The van der Waals surface area contributed by atoms with E-state index in [1.807, 2.05) is 21.3 Å². The van der Waals surface area contributed by atoms with Gasteiger partial charge in [-0.3, -0.25) is 13.9 Å². The third-order valence-corrected chi connectivity index (χ3v) is 6.47. The molecule has 0 spiro atoms. The summed E-state index contributed by atoms with van der Waals surface area (Å²) in [4.78, 5) is 32.4. The summed E-state index contributed by atoms with van der Waals surface area (Å²) in [5, 5.41) is 0. The average molecular weight is 394 g/mol. The van der Waals surface area contributed by atoms with Gasteiger partial charge in [0.2, 0.25) is 0 Å². The van der Waals surface area contributed by atoms with Gasteiger partial charge in [-0.2, -0.15) is 0 Å². The first kappa shape index (κ1) is 18.2. The summed E-state index contributed by atoms with van der Waals surface area (Å²) in [6.45, 7) is 1.91. The zero-order valence-corrected chi connectivity index (χ0v) is 16.5. The van der Waals surface area contributed by atoms with Gasteiger partial charge in [0.15, 0.2) is 5.65 Å². The van der Waals surface area contributed by atoms with E-state index >= 15 is 0 Å². The van der Waals surface area contributed by atoms with Crippen LogP contribution < -0.4 is 5.69 Å². The van der Waals surface area contributed by atoms with Crippen molar-refractivity contribution in [3.63, 3.8) is 0 Å². The molecule has 1 aliphatic carbocycles. The Kier molecular flexibility index (Phi) is 4.73. The lowest BCUT2D eigenvalue weighted by Gasteiger charge is -2.21. The van der Waals surface area contributed by atoms with E-state index in [1.165, 1.54) is 44.6 Å². The molecular formula is C22H26N4O3. The van der Waals surface area contributed by atoms with E-state index in [-0.39, 0.29) is 17.6 Å². The van der Waals surface area contributed by atoms with Crippen molar-refractivity contribution in [3.05, 3.63) is 53.0 Å². The van der Waals surface area contributed by atoms with Crippen molar-refractivity contribution in [2.24, 2.45) is 5.92 Å². The Morgan fingerprint density at radius 2 is 2.03 bits per heavy atom. The van der Waals surface area contributed by atoms with Gasteiger partial charge in [0, 0.05) is 25.8 Å². The maximum atomic E-state index is 13.4. The fourth-order valence-electron chi connectivity index (χ4n) is 4.95. The van der Waals surface area contributed by atoms with E-state index in [0.717, 1.165) is 24.1 Å². The molecule has 0 aromatic carbocycles. The Labute approximate surface area is 168 Å². The first-order valence-corrected chi connectivity index (χ1v) is 10.6. The van der Waals surface area contributed by atoms with Gasteiger partial charge < -0.3 is 9.32 Å². The quantitative estimate of drug-likeness (QED) is 0.679. The summed E-state index contributed by atoms with van der Waals surface area (Å²) < 4.78 is 8.78. The Balaban J connectivity index is 1.45. The number of aromatic nitrogens is 3. The highest BCUT2D eigenvalue weighted by molar-refractivity contribution is 5.94. The molecule has 0 radical (unpaired) electrons. The second-order valence-electron chi connectivity index (χ2n) is 8.32. The Hall–Kier alpha value is -2.83. The molecule has 2 fully saturated rings. The summed E-state index contributed by atoms with van der Waals surface area (Å²) in [5.74, 6) is 0.511. The summed E-state index contributed by atoms with van der Waals surface area (Å²) in [5.41, 5.74) is 2.20. The van der Waals surface area contributed by atoms with Crippen LogP contribution in [0, 0.1) is 5.92 Å². The van der Waals surface area contributed by atoms with Crippen LogP contribution >= 0.6 is 0 Å². The van der Waals surface area contributed by atoms with E-state index < -0.39 is 0 Å². The zero-order chi connectivity index (χ0) is 19.8. The molecule has 1 saturated heterocycles. The highest BCUT2D eigenvalue weighted by atomic mass is 16.3. The van der Waals surface area contributed by atoms with E-state index in [1.54, 1.807) is 17.2 Å². The van der Waals surface area contributed by atoms with Gasteiger partial charge in [0.1, 0.15) is 6.26 Å². The Bertz CT molecular complexity index is 1060. The third kappa shape index (κ3) is 3.28. The highest BCUT2D eigenvalue weighted by Gasteiger charge is 2.32. The van der Waals surface area contributed by atoms with E-state index in [9.17, 15) is 9.59 Å². The molecule has 152 valence electrons. The van der Waals surface area contributed by atoms with Crippen LogP contribution in [-0.2, 0) is 6.54 Å². The SMILES string of the molecule is O=C(c1ccoc1)N1CC[C@@H](n2c(=O)n(CC3CCCCC3)c3cccnc32)C1. The minimum atomic E-state index is -0.0524. The molecule has 7 heteroatoms. The second-order valence-corrected chi connectivity index (χ2v) is 8.32. The monoisotopic (exact) mass is 394 g/mol. The molecule has 1 amide bonds. The number of rotatable bonds is 4. The summed E-state index contributed by atoms with van der Waals surface area (Å²) in [6, 6.07) is 5.52. The summed E-state index contributed by atoms with van der Waals surface area (Å²) in [7, 11) is 0. The van der Waals surface area contributed by atoms with Gasteiger partial charge in [-0.25, -0.2) is 9.78 Å². The van der Waals surface area contributed by atoms with Gasteiger partial charge in [-0.1, -0.05) is 19.3 Å². The Morgan fingerprint density at radius 3 is 2.83 bits per heavy atom.